The van der Waals surface area contributed by atoms with Crippen molar-refractivity contribution in [1.29, 1.82) is 0 Å². The van der Waals surface area contributed by atoms with Crippen LogP contribution in [0.5, 0.6) is 0 Å². The predicted molar refractivity (Wildman–Crippen MR) is 110 cm³/mol. The molecule has 4 rings (SSSR count). The van der Waals surface area contributed by atoms with Crippen molar-refractivity contribution in [2.75, 3.05) is 18.1 Å². The Morgan fingerprint density at radius 2 is 1.91 bits per heavy atom. The van der Waals surface area contributed by atoms with Crippen LogP contribution >= 0.6 is 11.6 Å². The van der Waals surface area contributed by atoms with Crippen LogP contribution in [0.3, 0.4) is 0 Å². The van der Waals surface area contributed by atoms with E-state index >= 15 is 0 Å². The first-order valence-corrected chi connectivity index (χ1v) is 9.84. The third-order valence-corrected chi connectivity index (χ3v) is 5.01. The van der Waals surface area contributed by atoms with Gasteiger partial charge in [0.25, 0.3) is 5.91 Å². The van der Waals surface area contributed by atoms with Crippen molar-refractivity contribution in [1.82, 2.24) is 15.1 Å². The van der Waals surface area contributed by atoms with Gasteiger partial charge in [0, 0.05) is 17.3 Å². The Morgan fingerprint density at radius 1 is 1.16 bits per heavy atom. The van der Waals surface area contributed by atoms with Gasteiger partial charge in [0.1, 0.15) is 6.61 Å². The number of benzene rings is 2. The van der Waals surface area contributed by atoms with Crippen LogP contribution < -0.4 is 10.2 Å². The van der Waals surface area contributed by atoms with Crippen molar-refractivity contribution in [2.45, 2.75) is 12.7 Å². The van der Waals surface area contributed by atoms with Crippen molar-refractivity contribution in [3.8, 4) is 5.69 Å². The van der Waals surface area contributed by atoms with Crippen molar-refractivity contribution in [2.24, 2.45) is 0 Å². The monoisotopic (exact) mass is 464 g/mol. The van der Waals surface area contributed by atoms with Crippen molar-refractivity contribution < 1.29 is 27.5 Å². The Bertz CT molecular complexity index is 1180. The highest BCUT2D eigenvalue weighted by Gasteiger charge is 2.40. The number of nitrogens with one attached hydrogen (secondary N) is 1. The molecule has 0 spiro atoms. The molecule has 2 amide bonds. The highest BCUT2D eigenvalue weighted by Crippen LogP contribution is 2.34. The Balaban J connectivity index is 1.56. The van der Waals surface area contributed by atoms with Crippen LogP contribution in [0.15, 0.2) is 54.7 Å². The summed E-state index contributed by atoms with van der Waals surface area (Å²) in [7, 11) is 0. The average molecular weight is 465 g/mol. The number of carbonyl (C=O) groups excluding carboxylic acids is 2. The van der Waals surface area contributed by atoms with E-state index in [4.69, 9.17) is 16.3 Å². The molecule has 0 unspecified atom stereocenters. The van der Waals surface area contributed by atoms with E-state index in [1.807, 2.05) is 0 Å². The molecule has 2 aromatic carbocycles. The summed E-state index contributed by atoms with van der Waals surface area (Å²) in [6, 6.07) is 12.5. The molecule has 1 fully saturated rings. The smallest absolute Gasteiger partial charge is 0.434 e. The number of aromatic nitrogens is 2. The number of nitrogens with zero attached hydrogens (tertiary/aromatic N) is 3. The fourth-order valence-corrected chi connectivity index (χ4v) is 3.52. The van der Waals surface area contributed by atoms with E-state index in [9.17, 15) is 22.8 Å². The number of halogens is 4. The first-order chi connectivity index (χ1) is 15.2. The molecular weight excluding hydrogens is 449 g/mol. The number of anilines is 1. The second-order valence-electron chi connectivity index (χ2n) is 6.91. The zero-order chi connectivity index (χ0) is 22.9. The number of amides is 2. The maximum atomic E-state index is 13.8. The summed E-state index contributed by atoms with van der Waals surface area (Å²) in [6.45, 7) is 0.623. The second kappa shape index (κ2) is 8.54. The lowest BCUT2D eigenvalue weighted by Crippen LogP contribution is -2.27. The van der Waals surface area contributed by atoms with Gasteiger partial charge in [-0.25, -0.2) is 9.48 Å². The summed E-state index contributed by atoms with van der Waals surface area (Å²) in [5.74, 6) is -0.934. The number of cyclic esters (lactones) is 1. The molecule has 166 valence electrons. The Hall–Kier alpha value is -3.53. The van der Waals surface area contributed by atoms with E-state index in [0.717, 1.165) is 6.20 Å². The highest BCUT2D eigenvalue weighted by molar-refractivity contribution is 6.30. The summed E-state index contributed by atoms with van der Waals surface area (Å²) in [5, 5.41) is 6.48. The molecule has 1 aliphatic rings. The summed E-state index contributed by atoms with van der Waals surface area (Å²) in [5.41, 5.74) is -0.563. The van der Waals surface area contributed by atoms with Gasteiger partial charge in [0.2, 0.25) is 0 Å². The number of carbonyl (C=O) groups is 2. The topological polar surface area (TPSA) is 76.5 Å². The van der Waals surface area contributed by atoms with Crippen LogP contribution in [-0.2, 0) is 17.5 Å². The minimum atomic E-state index is -4.83. The van der Waals surface area contributed by atoms with Crippen LogP contribution in [0.25, 0.3) is 5.69 Å². The number of rotatable bonds is 5. The van der Waals surface area contributed by atoms with Gasteiger partial charge in [-0.2, -0.15) is 18.3 Å². The molecular formula is C21H16ClF3N4O3. The van der Waals surface area contributed by atoms with Crippen LogP contribution in [0.2, 0.25) is 5.02 Å². The fraction of sp³-hybridized carbons (Fsp3) is 0.190. The van der Waals surface area contributed by atoms with Gasteiger partial charge in [0.15, 0.2) is 5.69 Å². The second-order valence-corrected chi connectivity index (χ2v) is 7.35. The van der Waals surface area contributed by atoms with Gasteiger partial charge in [-0.1, -0.05) is 29.8 Å². The lowest BCUT2D eigenvalue weighted by molar-refractivity contribution is -0.143. The zero-order valence-electron chi connectivity index (χ0n) is 16.4. The first-order valence-electron chi connectivity index (χ1n) is 9.46. The maximum Gasteiger partial charge on any atom is 0.434 e. The SMILES string of the molecule is O=C(NCc1cccc(N2CCOC2=O)c1)c1cnn(-c2cccc(Cl)c2)c1C(F)(F)F. The Labute approximate surface area is 185 Å². The minimum Gasteiger partial charge on any atom is -0.447 e. The summed E-state index contributed by atoms with van der Waals surface area (Å²) in [6.07, 6.45) is -4.44. The van der Waals surface area contributed by atoms with Crippen molar-refractivity contribution in [3.05, 3.63) is 76.6 Å². The predicted octanol–water partition coefficient (Wildman–Crippen LogP) is 4.43. The van der Waals surface area contributed by atoms with Gasteiger partial charge in [-0.3, -0.25) is 9.69 Å². The van der Waals surface area contributed by atoms with Crippen LogP contribution in [0.4, 0.5) is 23.7 Å². The number of hydrogen-bond donors (Lipinski definition) is 1. The standard InChI is InChI=1S/C21H16ClF3N4O3/c22-14-4-2-6-16(10-14)29-18(21(23,24)25)17(12-27-29)19(30)26-11-13-3-1-5-15(9-13)28-7-8-32-20(28)31/h1-6,9-10,12H,7-8,11H2,(H,26,30). The van der Waals surface area contributed by atoms with E-state index in [0.29, 0.717) is 22.5 Å². The molecule has 1 N–H and O–H groups in total. The van der Waals surface area contributed by atoms with E-state index in [2.05, 4.69) is 10.4 Å². The molecule has 2 heterocycles. The molecule has 7 nitrogen and oxygen atoms in total. The van der Waals surface area contributed by atoms with E-state index < -0.39 is 29.4 Å². The van der Waals surface area contributed by atoms with Crippen LogP contribution in [0, 0.1) is 0 Å². The van der Waals surface area contributed by atoms with Gasteiger partial charge >= 0.3 is 12.3 Å². The molecule has 3 aromatic rings. The normalized spacial score (nSPS) is 13.9. The Kier molecular flexibility index (Phi) is 5.79. The van der Waals surface area contributed by atoms with E-state index in [-0.39, 0.29) is 23.9 Å². The molecule has 1 aliphatic heterocycles. The molecule has 11 heteroatoms. The summed E-state index contributed by atoms with van der Waals surface area (Å²) < 4.78 is 46.9. The zero-order valence-corrected chi connectivity index (χ0v) is 17.2. The quantitative estimate of drug-likeness (QED) is 0.606. The number of ether oxygens (including phenoxy) is 1. The lowest BCUT2D eigenvalue weighted by Gasteiger charge is -2.15. The largest absolute Gasteiger partial charge is 0.447 e. The van der Waals surface area contributed by atoms with Crippen molar-refractivity contribution >= 4 is 29.3 Å². The van der Waals surface area contributed by atoms with Crippen LogP contribution in [0.1, 0.15) is 21.6 Å². The lowest BCUT2D eigenvalue weighted by atomic mass is 10.1. The fourth-order valence-electron chi connectivity index (χ4n) is 3.33. The van der Waals surface area contributed by atoms with E-state index in [1.54, 1.807) is 24.3 Å². The highest BCUT2D eigenvalue weighted by atomic mass is 35.5. The Morgan fingerprint density at radius 3 is 2.59 bits per heavy atom. The van der Waals surface area contributed by atoms with E-state index in [1.165, 1.54) is 29.2 Å². The van der Waals surface area contributed by atoms with Gasteiger partial charge in [0.05, 0.1) is 24.0 Å². The third kappa shape index (κ3) is 4.40. The van der Waals surface area contributed by atoms with Gasteiger partial charge < -0.3 is 10.1 Å². The van der Waals surface area contributed by atoms with Crippen LogP contribution in [-0.4, -0.2) is 34.9 Å². The molecule has 0 aliphatic carbocycles. The van der Waals surface area contributed by atoms with Gasteiger partial charge in [-0.15, -0.1) is 0 Å². The molecule has 32 heavy (non-hydrogen) atoms. The third-order valence-electron chi connectivity index (χ3n) is 4.77. The molecule has 0 bridgehead atoms. The number of alkyl halides is 3. The summed E-state index contributed by atoms with van der Waals surface area (Å²) in [4.78, 5) is 25.8. The van der Waals surface area contributed by atoms with Crippen molar-refractivity contribution in [3.63, 3.8) is 0 Å². The molecule has 0 saturated carbocycles. The summed E-state index contributed by atoms with van der Waals surface area (Å²) >= 11 is 5.88. The first kappa shape index (κ1) is 21.7. The molecule has 0 atom stereocenters. The maximum absolute atomic E-state index is 13.8. The van der Waals surface area contributed by atoms with Gasteiger partial charge in [-0.05, 0) is 35.9 Å². The molecule has 0 radical (unpaired) electrons. The molecule has 1 aromatic heterocycles. The molecule has 1 saturated heterocycles. The number of hydrogen-bond acceptors (Lipinski definition) is 4. The minimum absolute atomic E-state index is 0.0464. The average Bonchev–Trinajstić information content (AvgIpc) is 3.39.